The van der Waals surface area contributed by atoms with Crippen molar-refractivity contribution in [3.63, 3.8) is 0 Å². The summed E-state index contributed by atoms with van der Waals surface area (Å²) in [5.41, 5.74) is 0.820. The normalized spacial score (nSPS) is 17.7. The monoisotopic (exact) mass is 614 g/mol. The van der Waals surface area contributed by atoms with Crippen LogP contribution in [-0.2, 0) is 12.7 Å². The number of anilines is 2. The van der Waals surface area contributed by atoms with Crippen molar-refractivity contribution >= 4 is 23.3 Å². The molecule has 0 aromatic heterocycles. The van der Waals surface area contributed by atoms with Gasteiger partial charge in [0.15, 0.2) is 5.75 Å². The summed E-state index contributed by atoms with van der Waals surface area (Å²) < 4.78 is 50.6. The van der Waals surface area contributed by atoms with Crippen LogP contribution in [0.25, 0.3) is 0 Å². The molecule has 0 aliphatic carbocycles. The van der Waals surface area contributed by atoms with Crippen LogP contribution in [-0.4, -0.2) is 72.8 Å². The Morgan fingerprint density at radius 1 is 1.11 bits per heavy atom. The van der Waals surface area contributed by atoms with E-state index in [0.717, 1.165) is 35.6 Å². The van der Waals surface area contributed by atoms with E-state index in [1.165, 1.54) is 0 Å². The first-order valence-corrected chi connectivity index (χ1v) is 14.2. The minimum Gasteiger partial charge on any atom is -0.497 e. The second-order valence-corrected chi connectivity index (χ2v) is 11.0. The first kappa shape index (κ1) is 32.6. The van der Waals surface area contributed by atoms with Gasteiger partial charge in [-0.05, 0) is 68.1 Å². The summed E-state index contributed by atoms with van der Waals surface area (Å²) in [4.78, 5) is 30.3. The van der Waals surface area contributed by atoms with Crippen molar-refractivity contribution in [3.05, 3.63) is 83.4 Å². The number of aliphatic hydroxyl groups is 1. The lowest BCUT2D eigenvalue weighted by atomic mass is 9.99. The molecule has 0 fully saturated rings. The number of fused-ring (bicyclic) bond motifs is 1. The molecule has 1 aliphatic heterocycles. The molecule has 12 heteroatoms. The fourth-order valence-electron chi connectivity index (χ4n) is 5.00. The van der Waals surface area contributed by atoms with Crippen LogP contribution in [0.15, 0.2) is 66.7 Å². The highest BCUT2D eigenvalue weighted by molar-refractivity contribution is 6.04. The molecule has 4 rings (SSSR count). The van der Waals surface area contributed by atoms with Gasteiger partial charge in [0.1, 0.15) is 11.9 Å². The zero-order valence-corrected chi connectivity index (χ0v) is 25.0. The van der Waals surface area contributed by atoms with Gasteiger partial charge in [-0.3, -0.25) is 9.69 Å². The van der Waals surface area contributed by atoms with Gasteiger partial charge in [0.2, 0.25) is 0 Å². The number of likely N-dealkylation sites (N-methyl/N-ethyl adjacent to an activating group) is 1. The maximum Gasteiger partial charge on any atom is 0.416 e. The SMILES string of the molecule is COc1ccc(CN(C)C[C@@H]2Oc3c(NC(=O)Nc4ccc(C(F)(F)F)cc4)cccc3C(=O)N([C@@H](C)CO)C[C@H]2C)cc1. The Morgan fingerprint density at radius 3 is 2.41 bits per heavy atom. The van der Waals surface area contributed by atoms with Crippen molar-refractivity contribution < 1.29 is 37.3 Å². The molecule has 0 spiro atoms. The number of amides is 3. The maximum absolute atomic E-state index is 13.7. The molecule has 0 bridgehead atoms. The first-order valence-electron chi connectivity index (χ1n) is 14.2. The fourth-order valence-corrected chi connectivity index (χ4v) is 5.00. The van der Waals surface area contributed by atoms with Crippen LogP contribution in [0.3, 0.4) is 0 Å². The number of ether oxygens (including phenoxy) is 2. The van der Waals surface area contributed by atoms with E-state index < -0.39 is 29.9 Å². The number of benzene rings is 3. The van der Waals surface area contributed by atoms with E-state index in [0.29, 0.717) is 19.6 Å². The van der Waals surface area contributed by atoms with Crippen molar-refractivity contribution in [1.29, 1.82) is 0 Å². The molecule has 1 aliphatic rings. The van der Waals surface area contributed by atoms with Crippen LogP contribution in [0.2, 0.25) is 0 Å². The molecular formula is C32H37F3N4O5. The lowest BCUT2D eigenvalue weighted by molar-refractivity contribution is -0.137. The molecule has 44 heavy (non-hydrogen) atoms. The molecule has 9 nitrogen and oxygen atoms in total. The molecule has 236 valence electrons. The van der Waals surface area contributed by atoms with Gasteiger partial charge in [-0.25, -0.2) is 4.79 Å². The number of nitrogens with one attached hydrogen (secondary N) is 2. The van der Waals surface area contributed by atoms with E-state index in [9.17, 15) is 27.9 Å². The molecule has 0 saturated heterocycles. The number of methoxy groups -OCH3 is 1. The molecule has 1 heterocycles. The van der Waals surface area contributed by atoms with E-state index in [2.05, 4.69) is 15.5 Å². The van der Waals surface area contributed by atoms with Gasteiger partial charge in [-0.15, -0.1) is 0 Å². The molecule has 0 radical (unpaired) electrons. The number of nitrogens with zero attached hydrogens (tertiary/aromatic N) is 2. The van der Waals surface area contributed by atoms with Crippen LogP contribution < -0.4 is 20.1 Å². The highest BCUT2D eigenvalue weighted by Gasteiger charge is 2.35. The summed E-state index contributed by atoms with van der Waals surface area (Å²) in [5.74, 6) is 0.415. The third kappa shape index (κ3) is 8.00. The van der Waals surface area contributed by atoms with Gasteiger partial charge in [-0.1, -0.05) is 25.1 Å². The Labute approximate surface area is 254 Å². The van der Waals surface area contributed by atoms with Gasteiger partial charge in [-0.2, -0.15) is 13.2 Å². The second kappa shape index (κ2) is 14.0. The number of carbonyl (C=O) groups is 2. The van der Waals surface area contributed by atoms with Crippen molar-refractivity contribution in [2.45, 2.75) is 38.7 Å². The zero-order valence-electron chi connectivity index (χ0n) is 25.0. The quantitative estimate of drug-likeness (QED) is 0.285. The van der Waals surface area contributed by atoms with Gasteiger partial charge < -0.3 is 30.1 Å². The Morgan fingerprint density at radius 2 is 1.80 bits per heavy atom. The van der Waals surface area contributed by atoms with Crippen molar-refractivity contribution in [3.8, 4) is 11.5 Å². The van der Waals surface area contributed by atoms with E-state index in [1.54, 1.807) is 37.1 Å². The zero-order chi connectivity index (χ0) is 32.0. The average molecular weight is 615 g/mol. The van der Waals surface area contributed by atoms with E-state index in [-0.39, 0.29) is 41.1 Å². The number of urea groups is 1. The smallest absolute Gasteiger partial charge is 0.416 e. The van der Waals surface area contributed by atoms with E-state index >= 15 is 0 Å². The highest BCUT2D eigenvalue weighted by atomic mass is 19.4. The van der Waals surface area contributed by atoms with Gasteiger partial charge in [0.25, 0.3) is 5.91 Å². The number of hydrogen-bond donors (Lipinski definition) is 3. The third-order valence-electron chi connectivity index (χ3n) is 7.51. The largest absolute Gasteiger partial charge is 0.497 e. The van der Waals surface area contributed by atoms with Gasteiger partial charge in [0, 0.05) is 31.2 Å². The van der Waals surface area contributed by atoms with Crippen LogP contribution >= 0.6 is 0 Å². The van der Waals surface area contributed by atoms with Gasteiger partial charge >= 0.3 is 12.2 Å². The number of carbonyl (C=O) groups excluding carboxylic acids is 2. The van der Waals surface area contributed by atoms with Crippen LogP contribution in [0, 0.1) is 5.92 Å². The minimum absolute atomic E-state index is 0.154. The third-order valence-corrected chi connectivity index (χ3v) is 7.51. The number of alkyl halides is 3. The molecule has 3 aromatic carbocycles. The molecule has 3 N–H and O–H groups in total. The van der Waals surface area contributed by atoms with Crippen molar-refractivity contribution in [2.24, 2.45) is 5.92 Å². The molecule has 3 atom stereocenters. The van der Waals surface area contributed by atoms with Crippen LogP contribution in [0.4, 0.5) is 29.3 Å². The molecular weight excluding hydrogens is 577 g/mol. The lowest BCUT2D eigenvalue weighted by Crippen LogP contribution is -2.49. The summed E-state index contributed by atoms with van der Waals surface area (Å²) in [6, 6.07) is 15.4. The standard InChI is InChI=1S/C32H37F3N4O5/c1-20-16-39(21(2)19-40)30(41)26-6-5-7-27(37-31(42)36-24-12-10-23(11-13-24)32(33,34)35)29(26)44-28(20)18-38(3)17-22-8-14-25(43-4)15-9-22/h5-15,20-21,28,40H,16-19H2,1-4H3,(H2,36,37,42)/t20-,21+,28+/m1/s1. The molecule has 0 saturated carbocycles. The number of halogens is 3. The predicted molar refractivity (Wildman–Crippen MR) is 161 cm³/mol. The molecule has 0 unspecified atom stereocenters. The topological polar surface area (TPSA) is 103 Å². The molecule has 3 amide bonds. The summed E-state index contributed by atoms with van der Waals surface area (Å²) in [5, 5.41) is 15.1. The van der Waals surface area contributed by atoms with E-state index in [1.807, 2.05) is 38.2 Å². The highest BCUT2D eigenvalue weighted by Crippen LogP contribution is 2.35. The summed E-state index contributed by atoms with van der Waals surface area (Å²) in [6.45, 7) is 4.94. The number of para-hydroxylation sites is 1. The number of aliphatic hydroxyl groups excluding tert-OH is 1. The summed E-state index contributed by atoms with van der Waals surface area (Å²) in [7, 11) is 3.57. The first-order chi connectivity index (χ1) is 20.9. The van der Waals surface area contributed by atoms with Crippen LogP contribution in [0.1, 0.15) is 35.3 Å². The fraction of sp³-hybridized carbons (Fsp3) is 0.375. The predicted octanol–water partition coefficient (Wildman–Crippen LogP) is 5.71. The Balaban J connectivity index is 1.59. The summed E-state index contributed by atoms with van der Waals surface area (Å²) in [6.07, 6.45) is -4.91. The Bertz CT molecular complexity index is 1430. The second-order valence-electron chi connectivity index (χ2n) is 11.0. The Kier molecular flexibility index (Phi) is 10.4. The van der Waals surface area contributed by atoms with Gasteiger partial charge in [0.05, 0.1) is 36.6 Å². The van der Waals surface area contributed by atoms with E-state index in [4.69, 9.17) is 9.47 Å². The number of rotatable bonds is 9. The van der Waals surface area contributed by atoms with Crippen LogP contribution in [0.5, 0.6) is 11.5 Å². The van der Waals surface area contributed by atoms with Crippen molar-refractivity contribution in [1.82, 2.24) is 9.80 Å². The lowest BCUT2D eigenvalue weighted by Gasteiger charge is -2.38. The number of hydrogen-bond acceptors (Lipinski definition) is 6. The molecule has 3 aromatic rings. The van der Waals surface area contributed by atoms with Crippen molar-refractivity contribution in [2.75, 3.05) is 44.5 Å². The minimum atomic E-state index is -4.50. The average Bonchev–Trinajstić information content (AvgIpc) is 2.99. The Hall–Kier alpha value is -4.29. The maximum atomic E-state index is 13.7. The summed E-state index contributed by atoms with van der Waals surface area (Å²) >= 11 is 0.